The van der Waals surface area contributed by atoms with E-state index < -0.39 is 0 Å². The Morgan fingerprint density at radius 2 is 0.871 bits per heavy atom. The molecular formula is C70H58IN13O7S2. The highest BCUT2D eigenvalue weighted by Gasteiger charge is 2.24. The smallest absolute Gasteiger partial charge is 0.261 e. The zero-order chi connectivity index (χ0) is 64.0. The predicted octanol–water partition coefficient (Wildman–Crippen LogP) is 15.2. The van der Waals surface area contributed by atoms with E-state index in [1.165, 1.54) is 23.5 Å². The van der Waals surface area contributed by atoms with E-state index in [-0.39, 0.29) is 22.8 Å². The molecule has 1 aliphatic rings. The van der Waals surface area contributed by atoms with Gasteiger partial charge in [-0.15, -0.1) is 0 Å². The zero-order valence-electron chi connectivity index (χ0n) is 49.9. The van der Waals surface area contributed by atoms with Crippen LogP contribution in [0.5, 0.6) is 34.5 Å². The van der Waals surface area contributed by atoms with Gasteiger partial charge in [0.15, 0.2) is 10.3 Å². The first-order valence-electron chi connectivity index (χ1n) is 29.3. The van der Waals surface area contributed by atoms with E-state index in [9.17, 15) is 19.5 Å². The third-order valence-corrected chi connectivity index (χ3v) is 16.4. The maximum atomic E-state index is 13.1. The summed E-state index contributed by atoms with van der Waals surface area (Å²) in [6, 6.07) is 62.8. The largest absolute Gasteiger partial charge is 0.457 e. The van der Waals surface area contributed by atoms with Gasteiger partial charge in [0.2, 0.25) is 5.95 Å². The molecule has 464 valence electrons. The minimum atomic E-state index is -0.316. The van der Waals surface area contributed by atoms with Crippen LogP contribution in [0, 0.1) is 3.57 Å². The molecule has 0 bridgehead atoms. The molecule has 0 radical (unpaired) electrons. The van der Waals surface area contributed by atoms with E-state index >= 15 is 0 Å². The fourth-order valence-electron chi connectivity index (χ4n) is 9.91. The first-order chi connectivity index (χ1) is 45.5. The molecule has 1 fully saturated rings. The number of H-pyrrole nitrogens is 3. The van der Waals surface area contributed by atoms with E-state index in [1.807, 2.05) is 207 Å². The molecule has 1 aliphatic heterocycles. The predicted molar refractivity (Wildman–Crippen MR) is 378 cm³/mol. The van der Waals surface area contributed by atoms with Crippen LogP contribution in [-0.4, -0.2) is 81.7 Å². The molecule has 0 atom stereocenters. The van der Waals surface area contributed by atoms with Crippen LogP contribution < -0.4 is 51.7 Å². The molecule has 7 aromatic carbocycles. The zero-order valence-corrected chi connectivity index (χ0v) is 53.7. The van der Waals surface area contributed by atoms with Gasteiger partial charge in [0.25, 0.3) is 16.7 Å². The summed E-state index contributed by atoms with van der Waals surface area (Å²) in [7, 11) is 0. The second-order valence-corrected chi connectivity index (χ2v) is 23.5. The number of aromatic nitrogens is 9. The number of rotatable bonds is 16. The van der Waals surface area contributed by atoms with E-state index in [2.05, 4.69) is 78.3 Å². The Hall–Kier alpha value is -10.6. The summed E-state index contributed by atoms with van der Waals surface area (Å²) in [5, 5.41) is 22.3. The van der Waals surface area contributed by atoms with Crippen LogP contribution in [-0.2, 0) is 0 Å². The highest BCUT2D eigenvalue weighted by molar-refractivity contribution is 14.1. The summed E-state index contributed by atoms with van der Waals surface area (Å²) in [5.41, 5.74) is 5.19. The Balaban J connectivity index is 0.000000137. The monoisotopic (exact) mass is 1380 g/mol. The fourth-order valence-corrected chi connectivity index (χ4v) is 11.2. The van der Waals surface area contributed by atoms with Gasteiger partial charge in [0, 0.05) is 54.3 Å². The van der Waals surface area contributed by atoms with Crippen molar-refractivity contribution < 1.29 is 19.3 Å². The number of ether oxygens (including phenoxy) is 3. The van der Waals surface area contributed by atoms with Crippen molar-refractivity contribution in [3.8, 4) is 45.6 Å². The molecule has 0 saturated carbocycles. The van der Waals surface area contributed by atoms with Crippen LogP contribution in [0.15, 0.2) is 243 Å². The van der Waals surface area contributed by atoms with Gasteiger partial charge in [-0.2, -0.15) is 4.98 Å². The number of benzene rings is 7. The van der Waals surface area contributed by atoms with E-state index in [1.54, 1.807) is 24.7 Å². The standard InChI is InChI=1S/C30H27N5O3.C20H15IN4O2S.C20H16N4O2S/c36-22-15-17-35(18-16-22)30-33-27-25(20-7-3-1-4-8-20)19-31-29(37)26(27)28(34-30)32-21-11-13-24(14-12-21)38-23-9-5-2-6-10-23;1-28-20-24-17-15(21)11-22-19(26)16(17)18(25-20)23-12-7-9-14(10-8-12)27-13-5-3-2-4-6-13;1-27-20-23-16-11-12-21-19(25)17(16)18(24-20)22-13-7-9-15(10-8-13)26-14-5-3-2-4-6-14/h1-14,19,22,36H,15-18H2,(H,31,37)(H,32,33,34);2-11H,1H3,(H,22,26)(H,23,24,25);2-12H,1H3,(H,21,25)(H,22,23,24). The Morgan fingerprint density at radius 3 is 1.35 bits per heavy atom. The molecular weight excluding hydrogens is 1330 g/mol. The Bertz CT molecular complexity index is 4880. The molecule has 0 spiro atoms. The number of fused-ring (bicyclic) bond motifs is 3. The lowest BCUT2D eigenvalue weighted by molar-refractivity contribution is 0.145. The van der Waals surface area contributed by atoms with Crippen molar-refractivity contribution in [2.75, 3.05) is 46.5 Å². The van der Waals surface area contributed by atoms with Crippen LogP contribution in [0.4, 0.5) is 40.5 Å². The van der Waals surface area contributed by atoms with Crippen molar-refractivity contribution in [3.05, 3.63) is 253 Å². The van der Waals surface area contributed by atoms with Crippen LogP contribution >= 0.6 is 46.1 Å². The molecule has 6 aromatic heterocycles. The van der Waals surface area contributed by atoms with Crippen molar-refractivity contribution in [2.24, 2.45) is 0 Å². The number of aliphatic hydroxyl groups is 1. The van der Waals surface area contributed by atoms with Gasteiger partial charge >= 0.3 is 0 Å². The van der Waals surface area contributed by atoms with Gasteiger partial charge in [-0.25, -0.2) is 24.9 Å². The molecule has 23 heteroatoms. The Kier molecular flexibility index (Phi) is 19.9. The molecule has 0 aliphatic carbocycles. The number of halogens is 1. The Labute approximate surface area is 554 Å². The summed E-state index contributed by atoms with van der Waals surface area (Å²) < 4.78 is 18.4. The van der Waals surface area contributed by atoms with Crippen LogP contribution in [0.1, 0.15) is 12.8 Å². The molecule has 0 unspecified atom stereocenters. The lowest BCUT2D eigenvalue weighted by Crippen LogP contribution is -2.37. The van der Waals surface area contributed by atoms with Crippen molar-refractivity contribution >= 4 is 119 Å². The number of thioether (sulfide) groups is 2. The number of piperidine rings is 1. The molecule has 13 aromatic rings. The second kappa shape index (κ2) is 29.6. The normalized spacial score (nSPS) is 12.1. The number of anilines is 7. The molecule has 7 N–H and O–H groups in total. The quantitative estimate of drug-likeness (QED) is 0.0269. The van der Waals surface area contributed by atoms with Gasteiger partial charge in [-0.05, 0) is 169 Å². The van der Waals surface area contributed by atoms with Crippen molar-refractivity contribution in [1.29, 1.82) is 0 Å². The first kappa shape index (κ1) is 62.6. The maximum absolute atomic E-state index is 13.1. The van der Waals surface area contributed by atoms with Gasteiger partial charge in [-0.1, -0.05) is 108 Å². The van der Waals surface area contributed by atoms with Crippen molar-refractivity contribution in [1.82, 2.24) is 44.9 Å². The Morgan fingerprint density at radius 1 is 0.462 bits per heavy atom. The molecule has 93 heavy (non-hydrogen) atoms. The average Bonchev–Trinajstić information content (AvgIpc) is 0.866. The number of nitrogens with one attached hydrogen (secondary N) is 6. The summed E-state index contributed by atoms with van der Waals surface area (Å²) in [6.45, 7) is 1.28. The molecule has 0 amide bonds. The number of aliphatic hydroxyl groups excluding tert-OH is 1. The minimum Gasteiger partial charge on any atom is -0.457 e. The van der Waals surface area contributed by atoms with Gasteiger partial charge in [0.05, 0.1) is 26.2 Å². The van der Waals surface area contributed by atoms with Crippen LogP contribution in [0.25, 0.3) is 43.8 Å². The van der Waals surface area contributed by atoms with Crippen LogP contribution in [0.3, 0.4) is 0 Å². The summed E-state index contributed by atoms with van der Waals surface area (Å²) >= 11 is 5.01. The SMILES string of the molecule is CSc1nc(Nc2ccc(Oc3ccccc3)cc2)c2c(=O)[nH]cc(I)c2n1.CSc1nc(Nc2ccc(Oc3ccccc3)cc2)c2c(=O)[nH]ccc2n1.O=c1[nH]cc(-c2ccccc2)c2nc(N3CCC(O)CC3)nc(Nc3ccc(Oc4ccccc4)cc3)c12. The number of pyridine rings is 3. The van der Waals surface area contributed by atoms with Gasteiger partial charge in [0.1, 0.15) is 68.1 Å². The minimum absolute atomic E-state index is 0.227. The number of aromatic amines is 3. The number of nitrogens with zero attached hydrogens (tertiary/aromatic N) is 7. The highest BCUT2D eigenvalue weighted by atomic mass is 127. The summed E-state index contributed by atoms with van der Waals surface area (Å²) in [4.78, 5) is 75.6. The van der Waals surface area contributed by atoms with E-state index in [4.69, 9.17) is 24.2 Å². The molecule has 7 heterocycles. The van der Waals surface area contributed by atoms with Crippen molar-refractivity contribution in [3.63, 3.8) is 0 Å². The van der Waals surface area contributed by atoms with Gasteiger partial charge in [-0.3, -0.25) is 14.4 Å². The fraction of sp³-hybridized carbons (Fsp3) is 0.100. The topological polar surface area (TPSA) is 263 Å². The summed E-state index contributed by atoms with van der Waals surface area (Å²) in [6.07, 6.45) is 9.72. The lowest BCUT2D eigenvalue weighted by atomic mass is 10.0. The first-order valence-corrected chi connectivity index (χ1v) is 32.8. The maximum Gasteiger partial charge on any atom is 0.261 e. The average molecular weight is 1380 g/mol. The van der Waals surface area contributed by atoms with E-state index in [0.717, 1.165) is 60.5 Å². The third kappa shape index (κ3) is 15.6. The van der Waals surface area contributed by atoms with Gasteiger partial charge < -0.3 is 55.1 Å². The molecule has 14 rings (SSSR count). The molecule has 1 saturated heterocycles. The summed E-state index contributed by atoms with van der Waals surface area (Å²) in [5.74, 6) is 6.35. The van der Waals surface area contributed by atoms with E-state index in [0.29, 0.717) is 98.1 Å². The molecule has 20 nitrogen and oxygen atoms in total. The highest BCUT2D eigenvalue weighted by Crippen LogP contribution is 2.34. The van der Waals surface area contributed by atoms with Crippen molar-refractivity contribution in [2.45, 2.75) is 29.3 Å². The number of hydrogen-bond acceptors (Lipinski definition) is 19. The second-order valence-electron chi connectivity index (χ2n) is 20.8. The number of hydrogen-bond donors (Lipinski definition) is 7. The number of para-hydroxylation sites is 3. The third-order valence-electron chi connectivity index (χ3n) is 14.5. The van der Waals surface area contributed by atoms with Crippen LogP contribution in [0.2, 0.25) is 0 Å². The lowest BCUT2D eigenvalue weighted by Gasteiger charge is -2.30.